The smallest absolute Gasteiger partial charge is 0.261 e. The van der Waals surface area contributed by atoms with Crippen LogP contribution in [0, 0.1) is 17.2 Å². The highest BCUT2D eigenvalue weighted by molar-refractivity contribution is 6.17. The molecule has 0 aliphatic carbocycles. The molecule has 0 aromatic heterocycles. The Morgan fingerprint density at radius 1 is 1.24 bits per heavy atom. The summed E-state index contributed by atoms with van der Waals surface area (Å²) >= 11 is 0. The number of benzene rings is 2. The van der Waals surface area contributed by atoms with Gasteiger partial charge in [0.05, 0.1) is 24.4 Å². The fourth-order valence-corrected chi connectivity index (χ4v) is 2.88. The van der Waals surface area contributed by atoms with E-state index in [0.717, 1.165) is 11.3 Å². The minimum atomic E-state index is -0.753. The molecule has 29 heavy (non-hydrogen) atoms. The molecular formula is C22H20N4O3. The van der Waals surface area contributed by atoms with Gasteiger partial charge >= 0.3 is 0 Å². The number of hydrogen-bond acceptors (Lipinski definition) is 5. The fraction of sp³-hybridized carbons (Fsp3) is 0.182. The lowest BCUT2D eigenvalue weighted by Crippen LogP contribution is -2.28. The largest absolute Gasteiger partial charge is 0.497 e. The summed E-state index contributed by atoms with van der Waals surface area (Å²) in [5.74, 6) is -0.877. The van der Waals surface area contributed by atoms with Gasteiger partial charge in [-0.05, 0) is 42.8 Å². The molecule has 1 atom stereocenters. The van der Waals surface area contributed by atoms with Crippen molar-refractivity contribution in [1.82, 2.24) is 5.32 Å². The molecular weight excluding hydrogens is 368 g/mol. The highest BCUT2D eigenvalue weighted by Gasteiger charge is 2.33. The molecule has 0 fully saturated rings. The monoisotopic (exact) mass is 388 g/mol. The van der Waals surface area contributed by atoms with Crippen molar-refractivity contribution >= 4 is 23.2 Å². The number of rotatable bonds is 6. The fourth-order valence-electron chi connectivity index (χ4n) is 2.88. The number of hydrogen-bond donors (Lipinski definition) is 1. The molecule has 0 radical (unpaired) electrons. The molecule has 1 heterocycles. The Morgan fingerprint density at radius 2 is 1.93 bits per heavy atom. The average molecular weight is 388 g/mol. The molecule has 1 aliphatic rings. The van der Waals surface area contributed by atoms with Crippen LogP contribution in [0.25, 0.3) is 0 Å². The van der Waals surface area contributed by atoms with E-state index in [-0.39, 0.29) is 18.0 Å². The van der Waals surface area contributed by atoms with E-state index in [1.165, 1.54) is 11.1 Å². The first kappa shape index (κ1) is 19.8. The summed E-state index contributed by atoms with van der Waals surface area (Å²) in [6.07, 6.45) is 1.37. The van der Waals surface area contributed by atoms with E-state index in [0.29, 0.717) is 11.4 Å². The van der Waals surface area contributed by atoms with E-state index in [9.17, 15) is 14.9 Å². The van der Waals surface area contributed by atoms with Crippen molar-refractivity contribution in [3.63, 3.8) is 0 Å². The van der Waals surface area contributed by atoms with E-state index in [2.05, 4.69) is 10.4 Å². The predicted octanol–water partition coefficient (Wildman–Crippen LogP) is 2.80. The van der Waals surface area contributed by atoms with Crippen LogP contribution in [0.3, 0.4) is 0 Å². The molecule has 0 bridgehead atoms. The Kier molecular flexibility index (Phi) is 6.05. The van der Waals surface area contributed by atoms with Crippen LogP contribution in [0.4, 0.5) is 5.69 Å². The number of methoxy groups -OCH3 is 1. The summed E-state index contributed by atoms with van der Waals surface area (Å²) in [5.41, 5.74) is 1.90. The van der Waals surface area contributed by atoms with Crippen molar-refractivity contribution in [3.05, 3.63) is 71.8 Å². The van der Waals surface area contributed by atoms with Crippen molar-refractivity contribution in [2.45, 2.75) is 13.5 Å². The predicted molar refractivity (Wildman–Crippen MR) is 109 cm³/mol. The number of amides is 2. The summed E-state index contributed by atoms with van der Waals surface area (Å²) in [7, 11) is 1.58. The zero-order valence-corrected chi connectivity index (χ0v) is 16.1. The summed E-state index contributed by atoms with van der Waals surface area (Å²) in [5, 5.41) is 17.7. The van der Waals surface area contributed by atoms with E-state index < -0.39 is 11.8 Å². The number of nitrogens with one attached hydrogen (secondary N) is 1. The zero-order chi connectivity index (χ0) is 20.8. The Balaban J connectivity index is 1.70. The van der Waals surface area contributed by atoms with Gasteiger partial charge in [-0.2, -0.15) is 15.4 Å². The lowest BCUT2D eigenvalue weighted by Gasteiger charge is -2.13. The summed E-state index contributed by atoms with van der Waals surface area (Å²) < 4.78 is 5.10. The quantitative estimate of drug-likeness (QED) is 0.608. The normalized spacial score (nSPS) is 16.2. The molecule has 0 unspecified atom stereocenters. The third-order valence-corrected chi connectivity index (χ3v) is 4.49. The van der Waals surface area contributed by atoms with Gasteiger partial charge in [0.2, 0.25) is 0 Å². The first-order valence-electron chi connectivity index (χ1n) is 9.00. The minimum absolute atomic E-state index is 0.124. The molecule has 1 aliphatic heterocycles. The average Bonchev–Trinajstić information content (AvgIpc) is 3.04. The van der Waals surface area contributed by atoms with Crippen molar-refractivity contribution in [2.24, 2.45) is 11.0 Å². The maximum Gasteiger partial charge on any atom is 0.261 e. The maximum absolute atomic E-state index is 12.7. The van der Waals surface area contributed by atoms with Gasteiger partial charge in [-0.15, -0.1) is 0 Å². The van der Waals surface area contributed by atoms with Gasteiger partial charge in [-0.25, -0.2) is 0 Å². The maximum atomic E-state index is 12.7. The molecule has 2 aromatic rings. The van der Waals surface area contributed by atoms with Gasteiger partial charge in [0, 0.05) is 6.54 Å². The first-order valence-corrected chi connectivity index (χ1v) is 9.00. The molecule has 2 amide bonds. The van der Waals surface area contributed by atoms with Crippen LogP contribution < -0.4 is 15.1 Å². The van der Waals surface area contributed by atoms with E-state index >= 15 is 0 Å². The summed E-state index contributed by atoms with van der Waals surface area (Å²) in [6, 6.07) is 18.1. The van der Waals surface area contributed by atoms with Crippen LogP contribution in [0.5, 0.6) is 5.75 Å². The Hall–Kier alpha value is -3.92. The third-order valence-electron chi connectivity index (χ3n) is 4.49. The number of hydrazone groups is 1. The molecule has 7 nitrogen and oxygen atoms in total. The van der Waals surface area contributed by atoms with Crippen molar-refractivity contribution in [3.8, 4) is 11.8 Å². The highest BCUT2D eigenvalue weighted by atomic mass is 16.5. The minimum Gasteiger partial charge on any atom is -0.497 e. The lowest BCUT2D eigenvalue weighted by molar-refractivity contribution is -0.118. The van der Waals surface area contributed by atoms with Gasteiger partial charge in [0.15, 0.2) is 0 Å². The van der Waals surface area contributed by atoms with E-state index in [1.54, 1.807) is 38.3 Å². The van der Waals surface area contributed by atoms with Gasteiger partial charge in [-0.3, -0.25) is 9.59 Å². The van der Waals surface area contributed by atoms with Gasteiger partial charge in [-0.1, -0.05) is 30.3 Å². The van der Waals surface area contributed by atoms with Crippen LogP contribution in [-0.2, 0) is 16.1 Å². The van der Waals surface area contributed by atoms with Gasteiger partial charge < -0.3 is 10.1 Å². The standard InChI is InChI=1S/C22H20N4O3/c1-15-20(22(28)26(25-15)18-6-4-3-5-7-18)12-17(13-23)21(27)24-14-16-8-10-19(29-2)11-9-16/h3-12,20H,14H2,1-2H3,(H,24,27)/b17-12-/t20-/m1/s1. The number of anilines is 1. The summed E-state index contributed by atoms with van der Waals surface area (Å²) in [4.78, 5) is 25.2. The van der Waals surface area contributed by atoms with Crippen LogP contribution in [0.1, 0.15) is 12.5 Å². The van der Waals surface area contributed by atoms with E-state index in [4.69, 9.17) is 4.74 Å². The molecule has 7 heteroatoms. The second-order valence-electron chi connectivity index (χ2n) is 6.43. The number of carbonyl (C=O) groups is 2. The number of carbonyl (C=O) groups excluding carboxylic acids is 2. The highest BCUT2D eigenvalue weighted by Crippen LogP contribution is 2.25. The Bertz CT molecular complexity index is 1000. The van der Waals surface area contributed by atoms with Crippen molar-refractivity contribution in [1.29, 1.82) is 5.26 Å². The first-order chi connectivity index (χ1) is 14.0. The van der Waals surface area contributed by atoms with Crippen molar-refractivity contribution in [2.75, 3.05) is 12.1 Å². The van der Waals surface area contributed by atoms with E-state index in [1.807, 2.05) is 36.4 Å². The molecule has 3 rings (SSSR count). The Morgan fingerprint density at radius 3 is 2.55 bits per heavy atom. The van der Waals surface area contributed by atoms with Crippen LogP contribution in [-0.4, -0.2) is 24.6 Å². The second-order valence-corrected chi connectivity index (χ2v) is 6.43. The number of para-hydroxylation sites is 1. The van der Waals surface area contributed by atoms with Gasteiger partial charge in [0.25, 0.3) is 11.8 Å². The molecule has 0 saturated carbocycles. The van der Waals surface area contributed by atoms with Gasteiger partial charge in [0.1, 0.15) is 17.4 Å². The summed E-state index contributed by atoms with van der Waals surface area (Å²) in [6.45, 7) is 1.95. The zero-order valence-electron chi connectivity index (χ0n) is 16.1. The molecule has 1 N–H and O–H groups in total. The van der Waals surface area contributed by atoms with Crippen LogP contribution in [0.15, 0.2) is 71.3 Å². The molecule has 0 spiro atoms. The van der Waals surface area contributed by atoms with Crippen LogP contribution >= 0.6 is 0 Å². The number of nitriles is 1. The number of ether oxygens (including phenoxy) is 1. The SMILES string of the molecule is COc1ccc(CNC(=O)/C(C#N)=C\[C@H]2C(=O)N(c3ccccc3)N=C2C)cc1. The lowest BCUT2D eigenvalue weighted by atomic mass is 10.0. The molecule has 146 valence electrons. The van der Waals surface area contributed by atoms with Crippen molar-refractivity contribution < 1.29 is 14.3 Å². The topological polar surface area (TPSA) is 94.8 Å². The number of nitrogens with zero attached hydrogens (tertiary/aromatic N) is 3. The molecule has 0 saturated heterocycles. The Labute approximate surface area is 168 Å². The van der Waals surface area contributed by atoms with Crippen LogP contribution in [0.2, 0.25) is 0 Å². The second kappa shape index (κ2) is 8.85. The molecule has 2 aromatic carbocycles. The third kappa shape index (κ3) is 4.50.